The Morgan fingerprint density at radius 2 is 1.82 bits per heavy atom. The van der Waals surface area contributed by atoms with E-state index in [0.717, 1.165) is 0 Å². The van der Waals surface area contributed by atoms with Gasteiger partial charge in [-0.25, -0.2) is 0 Å². The van der Waals surface area contributed by atoms with E-state index in [9.17, 15) is 9.90 Å². The van der Waals surface area contributed by atoms with Crippen molar-refractivity contribution in [2.45, 2.75) is 13.3 Å². The molecule has 0 aliphatic carbocycles. The van der Waals surface area contributed by atoms with Crippen LogP contribution < -0.4 is 56.5 Å². The van der Waals surface area contributed by atoms with Crippen LogP contribution in [0, 0.1) is 5.41 Å². The number of hydrogen-bond acceptors (Lipinski definition) is 4. The summed E-state index contributed by atoms with van der Waals surface area (Å²) in [6, 6.07) is 0. The molecule has 0 unspecified atom stereocenters. The van der Waals surface area contributed by atoms with Crippen molar-refractivity contribution in [2.75, 3.05) is 13.2 Å². The molecule has 4 nitrogen and oxygen atoms in total. The fraction of sp³-hybridized carbons (Fsp3) is 0.833. The maximum absolute atomic E-state index is 10.3. The Labute approximate surface area is 108 Å². The first-order valence-corrected chi connectivity index (χ1v) is 3.06. The van der Waals surface area contributed by atoms with Crippen LogP contribution in [0.4, 0.5) is 0 Å². The van der Waals surface area contributed by atoms with Crippen molar-refractivity contribution in [3.8, 4) is 0 Å². The molecule has 2 N–H and O–H groups in total. The zero-order chi connectivity index (χ0) is 8.20. The van der Waals surface area contributed by atoms with Gasteiger partial charge in [0.05, 0.1) is 24.6 Å². The number of carbonyl (C=O) groups is 1. The van der Waals surface area contributed by atoms with Gasteiger partial charge in [-0.1, -0.05) is 6.92 Å². The normalized spacial score (nSPS) is 10.5. The van der Waals surface area contributed by atoms with Gasteiger partial charge in [0.1, 0.15) is 0 Å². The Kier molecular flexibility index (Phi) is 8.64. The number of rotatable bonds is 4. The van der Waals surface area contributed by atoms with Gasteiger partial charge in [-0.2, -0.15) is 0 Å². The predicted molar refractivity (Wildman–Crippen MR) is 31.9 cm³/mol. The molecule has 0 fully saturated rings. The Balaban J connectivity index is 0. The van der Waals surface area contributed by atoms with E-state index in [1.54, 1.807) is 6.92 Å². The van der Waals surface area contributed by atoms with Gasteiger partial charge in [0.2, 0.25) is 0 Å². The van der Waals surface area contributed by atoms with E-state index < -0.39 is 24.6 Å². The van der Waals surface area contributed by atoms with Crippen molar-refractivity contribution in [3.63, 3.8) is 0 Å². The van der Waals surface area contributed by atoms with Crippen LogP contribution in [-0.4, -0.2) is 29.4 Å². The fourth-order valence-corrected chi connectivity index (χ4v) is 0.547. The molecule has 0 aromatic carbocycles. The van der Waals surface area contributed by atoms with Crippen LogP contribution in [0.5, 0.6) is 0 Å². The van der Waals surface area contributed by atoms with Crippen molar-refractivity contribution >= 4 is 5.97 Å². The van der Waals surface area contributed by atoms with E-state index in [2.05, 4.69) is 0 Å². The average Bonchev–Trinajstić information content (AvgIpc) is 1.92. The summed E-state index contributed by atoms with van der Waals surface area (Å²) in [5.74, 6) is -1.40. The van der Waals surface area contributed by atoms with Crippen LogP contribution in [-0.2, 0) is 4.79 Å². The quantitative estimate of drug-likeness (QED) is 0.431. The van der Waals surface area contributed by atoms with Gasteiger partial charge in [-0.05, 0) is 6.42 Å². The Bertz CT molecular complexity index is 113. The molecule has 0 atom stereocenters. The van der Waals surface area contributed by atoms with Gasteiger partial charge in [0.15, 0.2) is 0 Å². The van der Waals surface area contributed by atoms with E-state index in [1.165, 1.54) is 0 Å². The first kappa shape index (κ1) is 14.5. The van der Waals surface area contributed by atoms with E-state index in [4.69, 9.17) is 10.2 Å². The summed E-state index contributed by atoms with van der Waals surface area (Å²) >= 11 is 0. The van der Waals surface area contributed by atoms with Crippen LogP contribution in [0.1, 0.15) is 13.3 Å². The third-order valence-electron chi connectivity index (χ3n) is 1.72. The second kappa shape index (κ2) is 6.53. The topological polar surface area (TPSA) is 80.6 Å². The molecule has 5 heteroatoms. The molecule has 0 saturated heterocycles. The smallest absolute Gasteiger partial charge is 0.549 e. The number of aliphatic hydroxyl groups excluding tert-OH is 2. The van der Waals surface area contributed by atoms with Crippen LogP contribution in [0.2, 0.25) is 0 Å². The molecule has 0 spiro atoms. The van der Waals surface area contributed by atoms with Gasteiger partial charge in [-0.15, -0.1) is 0 Å². The maximum atomic E-state index is 10.3. The van der Waals surface area contributed by atoms with E-state index in [1.807, 2.05) is 0 Å². The predicted octanol–water partition coefficient (Wildman–Crippen LogP) is -4.88. The SMILES string of the molecule is CCC(CO)(CO)C(=O)[O-].[K+]. The van der Waals surface area contributed by atoms with E-state index in [0.29, 0.717) is 0 Å². The minimum absolute atomic E-state index is 0. The number of aliphatic hydroxyl groups is 2. The standard InChI is InChI=1S/C6H12O4.K/c1-2-6(3-7,4-8)5(9)10;/h7-8H,2-4H2,1H3,(H,9,10);/q;+1/p-1. The summed E-state index contributed by atoms with van der Waals surface area (Å²) in [7, 11) is 0. The molecule has 0 aromatic rings. The molecule has 0 rings (SSSR count). The summed E-state index contributed by atoms with van der Waals surface area (Å²) < 4.78 is 0. The molecular formula is C6H11KO4. The summed E-state index contributed by atoms with van der Waals surface area (Å²) in [5.41, 5.74) is -1.46. The van der Waals surface area contributed by atoms with Gasteiger partial charge >= 0.3 is 51.4 Å². The summed E-state index contributed by atoms with van der Waals surface area (Å²) in [6.07, 6.45) is 0.169. The number of carboxylic acid groups (broad SMARTS) is 1. The molecule has 0 aliphatic rings. The van der Waals surface area contributed by atoms with Crippen LogP contribution in [0.3, 0.4) is 0 Å². The van der Waals surface area contributed by atoms with E-state index in [-0.39, 0.29) is 57.8 Å². The molecule has 0 heterocycles. The minimum Gasteiger partial charge on any atom is -0.549 e. The van der Waals surface area contributed by atoms with Crippen molar-refractivity contribution in [1.29, 1.82) is 0 Å². The second-order valence-electron chi connectivity index (χ2n) is 2.24. The van der Waals surface area contributed by atoms with Crippen LogP contribution >= 0.6 is 0 Å². The minimum atomic E-state index is -1.46. The first-order valence-electron chi connectivity index (χ1n) is 3.06. The summed E-state index contributed by atoms with van der Waals surface area (Å²) in [6.45, 7) is 0.410. The second-order valence-corrected chi connectivity index (χ2v) is 2.24. The molecule has 60 valence electrons. The third kappa shape index (κ3) is 3.50. The van der Waals surface area contributed by atoms with Crippen molar-refractivity contribution in [2.24, 2.45) is 5.41 Å². The largest absolute Gasteiger partial charge is 1.00 e. The molecule has 0 aliphatic heterocycles. The van der Waals surface area contributed by atoms with Gasteiger partial charge < -0.3 is 20.1 Å². The van der Waals surface area contributed by atoms with Crippen molar-refractivity contribution in [1.82, 2.24) is 0 Å². The summed E-state index contributed by atoms with van der Waals surface area (Å²) in [5, 5.41) is 27.4. The first-order chi connectivity index (χ1) is 4.63. The fourth-order valence-electron chi connectivity index (χ4n) is 0.547. The number of carboxylic acids is 1. The third-order valence-corrected chi connectivity index (χ3v) is 1.72. The monoisotopic (exact) mass is 186 g/mol. The Hall–Kier alpha value is 1.03. The zero-order valence-electron chi connectivity index (χ0n) is 6.83. The number of aliphatic carboxylic acids is 1. The maximum Gasteiger partial charge on any atom is 1.00 e. The number of carbonyl (C=O) groups excluding carboxylic acids is 1. The van der Waals surface area contributed by atoms with E-state index >= 15 is 0 Å². The van der Waals surface area contributed by atoms with Gasteiger partial charge in [-0.3, -0.25) is 0 Å². The van der Waals surface area contributed by atoms with Crippen LogP contribution in [0.15, 0.2) is 0 Å². The van der Waals surface area contributed by atoms with Crippen molar-refractivity contribution < 1.29 is 71.5 Å². The molecule has 0 amide bonds. The molecule has 0 aromatic heterocycles. The Morgan fingerprint density at radius 1 is 1.45 bits per heavy atom. The van der Waals surface area contributed by atoms with Crippen LogP contribution in [0.25, 0.3) is 0 Å². The van der Waals surface area contributed by atoms with Gasteiger partial charge in [0, 0.05) is 0 Å². The molecule has 0 radical (unpaired) electrons. The zero-order valence-corrected chi connectivity index (χ0v) is 9.96. The molecule has 11 heavy (non-hydrogen) atoms. The Morgan fingerprint density at radius 3 is 1.82 bits per heavy atom. The molecular weight excluding hydrogens is 175 g/mol. The summed E-state index contributed by atoms with van der Waals surface area (Å²) in [4.78, 5) is 10.3. The molecule has 0 saturated carbocycles. The number of hydrogen-bond donors (Lipinski definition) is 2. The molecule has 0 bridgehead atoms. The average molecular weight is 186 g/mol. The van der Waals surface area contributed by atoms with Gasteiger partial charge in [0.25, 0.3) is 0 Å². The van der Waals surface area contributed by atoms with Crippen molar-refractivity contribution in [3.05, 3.63) is 0 Å².